The van der Waals surface area contributed by atoms with Gasteiger partial charge in [-0.05, 0) is 18.6 Å². The maximum absolute atomic E-state index is 13.9. The average molecular weight is 235 g/mol. The summed E-state index contributed by atoms with van der Waals surface area (Å²) in [6.07, 6.45) is 0. The van der Waals surface area contributed by atoms with Crippen LogP contribution in [0.1, 0.15) is 5.56 Å². The molecule has 0 saturated carbocycles. The molecule has 90 valence electrons. The molecule has 0 unspecified atom stereocenters. The molecule has 1 aromatic heterocycles. The zero-order valence-electron chi connectivity index (χ0n) is 9.52. The van der Waals surface area contributed by atoms with E-state index in [4.69, 9.17) is 10.8 Å². The molecule has 0 fully saturated rings. The third kappa shape index (κ3) is 2.14. The second kappa shape index (κ2) is 4.55. The standard InChI is InChI=1S/C12H14FN3O/c1-8-3-2-4-9(12(8)13)10-7-11(14)16(15-10)5-6-17/h2-4,7,17H,5-6,14H2,1H3. The minimum Gasteiger partial charge on any atom is -0.394 e. The smallest absolute Gasteiger partial charge is 0.135 e. The molecule has 4 nitrogen and oxygen atoms in total. The molecule has 0 aliphatic rings. The molecule has 17 heavy (non-hydrogen) atoms. The average Bonchev–Trinajstić information content (AvgIpc) is 2.65. The lowest BCUT2D eigenvalue weighted by molar-refractivity contribution is 0.270. The molecule has 0 radical (unpaired) electrons. The van der Waals surface area contributed by atoms with Gasteiger partial charge in [0, 0.05) is 11.6 Å². The Kier molecular flexibility index (Phi) is 3.10. The summed E-state index contributed by atoms with van der Waals surface area (Å²) in [5.74, 6) is 0.121. The third-order valence-electron chi connectivity index (χ3n) is 2.59. The van der Waals surface area contributed by atoms with Crippen LogP contribution in [0.15, 0.2) is 24.3 Å². The predicted molar refractivity (Wildman–Crippen MR) is 63.9 cm³/mol. The van der Waals surface area contributed by atoms with E-state index in [9.17, 15) is 4.39 Å². The van der Waals surface area contributed by atoms with Crippen molar-refractivity contribution in [1.29, 1.82) is 0 Å². The van der Waals surface area contributed by atoms with Crippen LogP contribution in [-0.2, 0) is 6.54 Å². The Morgan fingerprint density at radius 1 is 1.47 bits per heavy atom. The van der Waals surface area contributed by atoms with Gasteiger partial charge < -0.3 is 10.8 Å². The van der Waals surface area contributed by atoms with Crippen LogP contribution in [0.5, 0.6) is 0 Å². The van der Waals surface area contributed by atoms with Crippen molar-refractivity contribution in [2.45, 2.75) is 13.5 Å². The number of aliphatic hydroxyl groups is 1. The molecule has 0 bridgehead atoms. The highest BCUT2D eigenvalue weighted by atomic mass is 19.1. The zero-order chi connectivity index (χ0) is 12.4. The van der Waals surface area contributed by atoms with Crippen LogP contribution < -0.4 is 5.73 Å². The van der Waals surface area contributed by atoms with E-state index in [0.717, 1.165) is 0 Å². The van der Waals surface area contributed by atoms with E-state index in [1.165, 1.54) is 4.68 Å². The topological polar surface area (TPSA) is 64.1 Å². The van der Waals surface area contributed by atoms with Crippen LogP contribution in [0.3, 0.4) is 0 Å². The quantitative estimate of drug-likeness (QED) is 0.848. The highest BCUT2D eigenvalue weighted by Gasteiger charge is 2.12. The van der Waals surface area contributed by atoms with Crippen molar-refractivity contribution in [3.63, 3.8) is 0 Å². The van der Waals surface area contributed by atoms with Gasteiger partial charge in [0.1, 0.15) is 11.6 Å². The minimum atomic E-state index is -0.291. The van der Waals surface area contributed by atoms with Crippen molar-refractivity contribution in [2.75, 3.05) is 12.3 Å². The van der Waals surface area contributed by atoms with Crippen LogP contribution in [0, 0.1) is 12.7 Å². The lowest BCUT2D eigenvalue weighted by Crippen LogP contribution is -2.07. The molecular formula is C12H14FN3O. The molecule has 0 aliphatic heterocycles. The summed E-state index contributed by atoms with van der Waals surface area (Å²) in [6, 6.07) is 6.74. The summed E-state index contributed by atoms with van der Waals surface area (Å²) in [7, 11) is 0. The summed E-state index contributed by atoms with van der Waals surface area (Å²) < 4.78 is 15.3. The Labute approximate surface area is 98.5 Å². The first-order chi connectivity index (χ1) is 8.13. The highest BCUT2D eigenvalue weighted by Crippen LogP contribution is 2.25. The molecule has 1 aromatic carbocycles. The fourth-order valence-corrected chi connectivity index (χ4v) is 1.68. The number of anilines is 1. The number of benzene rings is 1. The van der Waals surface area contributed by atoms with E-state index in [1.54, 1.807) is 31.2 Å². The van der Waals surface area contributed by atoms with Crippen molar-refractivity contribution >= 4 is 5.82 Å². The van der Waals surface area contributed by atoms with Crippen molar-refractivity contribution in [2.24, 2.45) is 0 Å². The van der Waals surface area contributed by atoms with Crippen LogP contribution in [0.25, 0.3) is 11.3 Å². The molecule has 1 heterocycles. The van der Waals surface area contributed by atoms with Gasteiger partial charge in [-0.15, -0.1) is 0 Å². The van der Waals surface area contributed by atoms with Crippen molar-refractivity contribution in [3.05, 3.63) is 35.6 Å². The maximum Gasteiger partial charge on any atom is 0.135 e. The largest absolute Gasteiger partial charge is 0.394 e. The first-order valence-electron chi connectivity index (χ1n) is 5.33. The number of aryl methyl sites for hydroxylation is 1. The zero-order valence-corrected chi connectivity index (χ0v) is 9.52. The van der Waals surface area contributed by atoms with Crippen LogP contribution in [0.2, 0.25) is 0 Å². The molecule has 0 amide bonds. The molecular weight excluding hydrogens is 221 g/mol. The van der Waals surface area contributed by atoms with E-state index in [-0.39, 0.29) is 12.4 Å². The lowest BCUT2D eigenvalue weighted by atomic mass is 10.1. The Morgan fingerprint density at radius 2 is 2.24 bits per heavy atom. The number of nitrogens with zero attached hydrogens (tertiary/aromatic N) is 2. The summed E-state index contributed by atoms with van der Waals surface area (Å²) in [5.41, 5.74) is 7.20. The number of nitrogens with two attached hydrogens (primary N) is 1. The van der Waals surface area contributed by atoms with Crippen molar-refractivity contribution in [1.82, 2.24) is 9.78 Å². The van der Waals surface area contributed by atoms with Gasteiger partial charge in [-0.2, -0.15) is 5.10 Å². The Hall–Kier alpha value is -1.88. The maximum atomic E-state index is 13.9. The Bertz CT molecular complexity index is 537. The normalized spacial score (nSPS) is 10.8. The van der Waals surface area contributed by atoms with Crippen molar-refractivity contribution < 1.29 is 9.50 Å². The van der Waals surface area contributed by atoms with E-state index < -0.39 is 0 Å². The SMILES string of the molecule is Cc1cccc(-c2cc(N)n(CCO)n2)c1F. The van der Waals surface area contributed by atoms with E-state index >= 15 is 0 Å². The number of aliphatic hydroxyl groups excluding tert-OH is 1. The monoisotopic (exact) mass is 235 g/mol. The van der Waals surface area contributed by atoms with Gasteiger partial charge in [-0.1, -0.05) is 12.1 Å². The number of hydrogen-bond acceptors (Lipinski definition) is 3. The summed E-state index contributed by atoms with van der Waals surface area (Å²) in [5, 5.41) is 13.0. The van der Waals surface area contributed by atoms with E-state index in [1.807, 2.05) is 0 Å². The molecule has 2 aromatic rings. The van der Waals surface area contributed by atoms with Gasteiger partial charge in [-0.25, -0.2) is 9.07 Å². The second-order valence-electron chi connectivity index (χ2n) is 3.84. The van der Waals surface area contributed by atoms with Gasteiger partial charge >= 0.3 is 0 Å². The van der Waals surface area contributed by atoms with E-state index in [2.05, 4.69) is 5.10 Å². The van der Waals surface area contributed by atoms with Crippen molar-refractivity contribution in [3.8, 4) is 11.3 Å². The number of hydrogen-bond donors (Lipinski definition) is 2. The Morgan fingerprint density at radius 3 is 2.94 bits per heavy atom. The minimum absolute atomic E-state index is 0.0539. The summed E-state index contributed by atoms with van der Waals surface area (Å²) in [4.78, 5) is 0. The number of nitrogen functional groups attached to an aromatic ring is 1. The Balaban J connectivity index is 2.46. The number of rotatable bonds is 3. The third-order valence-corrected chi connectivity index (χ3v) is 2.59. The first-order valence-corrected chi connectivity index (χ1v) is 5.33. The summed E-state index contributed by atoms with van der Waals surface area (Å²) in [6.45, 7) is 1.95. The van der Waals surface area contributed by atoms with Gasteiger partial charge in [0.25, 0.3) is 0 Å². The molecule has 0 aliphatic carbocycles. The molecule has 3 N–H and O–H groups in total. The predicted octanol–water partition coefficient (Wildman–Crippen LogP) is 1.57. The van der Waals surface area contributed by atoms with Gasteiger partial charge in [0.15, 0.2) is 0 Å². The first kappa shape index (κ1) is 11.6. The number of halogens is 1. The number of aromatic nitrogens is 2. The fourth-order valence-electron chi connectivity index (χ4n) is 1.68. The molecule has 0 atom stereocenters. The van der Waals surface area contributed by atoms with Crippen LogP contribution >= 0.6 is 0 Å². The van der Waals surface area contributed by atoms with Gasteiger partial charge in [0.2, 0.25) is 0 Å². The van der Waals surface area contributed by atoms with E-state index in [0.29, 0.717) is 29.2 Å². The molecule has 0 saturated heterocycles. The molecule has 5 heteroatoms. The highest BCUT2D eigenvalue weighted by molar-refractivity contribution is 5.63. The van der Waals surface area contributed by atoms with Gasteiger partial charge in [-0.3, -0.25) is 0 Å². The van der Waals surface area contributed by atoms with Crippen LogP contribution in [-0.4, -0.2) is 21.5 Å². The molecule has 0 spiro atoms. The second-order valence-corrected chi connectivity index (χ2v) is 3.84. The van der Waals surface area contributed by atoms with Crippen LogP contribution in [0.4, 0.5) is 10.2 Å². The summed E-state index contributed by atoms with van der Waals surface area (Å²) >= 11 is 0. The lowest BCUT2D eigenvalue weighted by Gasteiger charge is -2.02. The fraction of sp³-hybridized carbons (Fsp3) is 0.250. The van der Waals surface area contributed by atoms with Gasteiger partial charge in [0.05, 0.1) is 18.8 Å². The molecule has 2 rings (SSSR count).